The first-order chi connectivity index (χ1) is 25.0. The number of halogens is 1. The molecule has 0 bridgehead atoms. The predicted molar refractivity (Wildman–Crippen MR) is 202 cm³/mol. The Bertz CT molecular complexity index is 1810. The van der Waals surface area contributed by atoms with Gasteiger partial charge in [0.25, 0.3) is 0 Å². The van der Waals surface area contributed by atoms with Crippen molar-refractivity contribution in [2.24, 2.45) is 11.8 Å². The number of amides is 1. The van der Waals surface area contributed by atoms with Crippen LogP contribution in [0.1, 0.15) is 100 Å². The minimum absolute atomic E-state index is 0.00346. The summed E-state index contributed by atoms with van der Waals surface area (Å²) in [5, 5.41) is 14.6. The molecule has 2 N–H and O–H groups in total. The lowest BCUT2D eigenvalue weighted by Crippen LogP contribution is -2.53. The molecule has 1 aliphatic heterocycles. The summed E-state index contributed by atoms with van der Waals surface area (Å²) in [5.74, 6) is 2.58. The zero-order valence-electron chi connectivity index (χ0n) is 30.9. The maximum atomic E-state index is 13.0. The summed E-state index contributed by atoms with van der Waals surface area (Å²) in [7, 11) is 1.80. The topological polar surface area (TPSA) is 110 Å². The van der Waals surface area contributed by atoms with Crippen molar-refractivity contribution in [1.82, 2.24) is 9.88 Å². The number of carbonyl (C=O) groups excluding carboxylic acids is 1. The van der Waals surface area contributed by atoms with Crippen LogP contribution in [-0.4, -0.2) is 65.3 Å². The molecule has 3 aliphatic carbocycles. The molecule has 52 heavy (non-hydrogen) atoms. The molecule has 1 saturated carbocycles. The lowest BCUT2D eigenvalue weighted by molar-refractivity contribution is -0.144. The number of aromatic nitrogens is 1. The van der Waals surface area contributed by atoms with E-state index < -0.39 is 11.5 Å². The highest BCUT2D eigenvalue weighted by Gasteiger charge is 2.54. The van der Waals surface area contributed by atoms with Crippen molar-refractivity contribution in [1.29, 1.82) is 0 Å². The smallest absolute Gasteiger partial charge is 0.329 e. The van der Waals surface area contributed by atoms with E-state index in [2.05, 4.69) is 36.3 Å². The molecule has 4 atom stereocenters. The zero-order valence-corrected chi connectivity index (χ0v) is 31.6. The number of anilines is 1. The maximum absolute atomic E-state index is 13.0. The van der Waals surface area contributed by atoms with Gasteiger partial charge in [0, 0.05) is 48.6 Å². The first-order valence-electron chi connectivity index (χ1n) is 19.0. The van der Waals surface area contributed by atoms with Gasteiger partial charge in [-0.1, -0.05) is 31.5 Å². The Morgan fingerprint density at radius 3 is 2.69 bits per heavy atom. The zero-order chi connectivity index (χ0) is 36.6. The number of carbonyl (C=O) groups is 2. The second kappa shape index (κ2) is 14.8. The van der Waals surface area contributed by atoms with E-state index >= 15 is 0 Å². The fourth-order valence-electron chi connectivity index (χ4n) is 9.42. The largest absolute Gasteiger partial charge is 0.493 e. The Hall–Kier alpha value is -3.98. The molecule has 0 unspecified atom stereocenters. The highest BCUT2D eigenvalue weighted by atomic mass is 35.5. The average Bonchev–Trinajstić information content (AvgIpc) is 3.23. The summed E-state index contributed by atoms with van der Waals surface area (Å²) in [6, 6.07) is 13.7. The fraction of sp³-hybridized carbons (Fsp3) is 0.548. The normalized spacial score (nSPS) is 26.8. The van der Waals surface area contributed by atoms with E-state index in [1.54, 1.807) is 31.0 Å². The molecular weight excluding hydrogens is 678 g/mol. The number of rotatable bonds is 10. The summed E-state index contributed by atoms with van der Waals surface area (Å²) >= 11 is 6.29. The summed E-state index contributed by atoms with van der Waals surface area (Å²) in [6.45, 7) is 7.71. The minimum atomic E-state index is -1.10. The van der Waals surface area contributed by atoms with Crippen LogP contribution in [-0.2, 0) is 27.8 Å². The van der Waals surface area contributed by atoms with Crippen molar-refractivity contribution in [2.75, 3.05) is 32.1 Å². The van der Waals surface area contributed by atoms with Crippen LogP contribution in [0.25, 0.3) is 0 Å². The number of nitrogens with zero attached hydrogens (tertiary/aromatic N) is 2. The molecule has 7 rings (SSSR count). The molecule has 1 aromatic heterocycles. The van der Waals surface area contributed by atoms with Crippen LogP contribution in [0.4, 0.5) is 5.69 Å². The van der Waals surface area contributed by atoms with E-state index in [0.717, 1.165) is 55.8 Å². The van der Waals surface area contributed by atoms with E-state index in [4.69, 9.17) is 25.8 Å². The molecule has 1 fully saturated rings. The molecule has 1 spiro atoms. The first-order valence-corrected chi connectivity index (χ1v) is 19.4. The van der Waals surface area contributed by atoms with E-state index in [-0.39, 0.29) is 29.3 Å². The lowest BCUT2D eigenvalue weighted by atomic mass is 9.59. The molecule has 0 saturated heterocycles. The molecule has 9 nitrogen and oxygen atoms in total. The van der Waals surface area contributed by atoms with Crippen LogP contribution in [0.15, 0.2) is 48.7 Å². The number of ether oxygens (including phenoxy) is 3. The van der Waals surface area contributed by atoms with E-state index in [1.807, 2.05) is 24.4 Å². The number of aliphatic carboxylic acids is 1. The van der Waals surface area contributed by atoms with Gasteiger partial charge in [-0.2, -0.15) is 0 Å². The highest BCUT2D eigenvalue weighted by molar-refractivity contribution is 6.30. The van der Waals surface area contributed by atoms with Gasteiger partial charge >= 0.3 is 5.97 Å². The van der Waals surface area contributed by atoms with Crippen LogP contribution in [0.3, 0.4) is 0 Å². The van der Waals surface area contributed by atoms with Gasteiger partial charge in [0.05, 0.1) is 19.8 Å². The molecule has 0 radical (unpaired) electrons. The number of fused-ring (bicyclic) bond motifs is 4. The third-order valence-corrected chi connectivity index (χ3v) is 12.6. The summed E-state index contributed by atoms with van der Waals surface area (Å²) in [4.78, 5) is 31.4. The molecule has 10 heteroatoms. The van der Waals surface area contributed by atoms with Gasteiger partial charge in [-0.15, -0.1) is 0 Å². The highest BCUT2D eigenvalue weighted by Crippen LogP contribution is 2.58. The second-order valence-corrected chi connectivity index (χ2v) is 16.4. The molecule has 3 aromatic rings. The lowest BCUT2D eigenvalue weighted by Gasteiger charge is -2.47. The standard InChI is InChI=1S/C42H52ClN3O6/c1-26(25-51-36-11-17-44-35-10-5-7-27(2)39(35)36)19-30-20-29-21-38-37(50-18-12-33(52-38)24-46(4)28(3)47)23-34(29)41(30)13-15-42(16-14-41,40(48)49)45-32-9-6-8-31(43)22-32/h6,8-9,11,17,21-23,26-27,30,33,45H,5,7,10,12-16,18-20,24-25H2,1-4H3,(H,48,49)/t26-,27-,30+,33-,41?,42?/m1/s1. The van der Waals surface area contributed by atoms with E-state index in [1.165, 1.54) is 28.8 Å². The second-order valence-electron chi connectivity index (χ2n) is 15.9. The number of carboxylic acid groups (broad SMARTS) is 1. The van der Waals surface area contributed by atoms with Gasteiger partial charge in [-0.3, -0.25) is 9.78 Å². The predicted octanol–water partition coefficient (Wildman–Crippen LogP) is 8.21. The number of pyridine rings is 1. The van der Waals surface area contributed by atoms with Crippen LogP contribution in [0.5, 0.6) is 17.2 Å². The third-order valence-electron chi connectivity index (χ3n) is 12.4. The molecule has 1 amide bonds. The molecular formula is C42H52ClN3O6. The Morgan fingerprint density at radius 1 is 1.13 bits per heavy atom. The van der Waals surface area contributed by atoms with Crippen molar-refractivity contribution in [3.05, 3.63) is 76.1 Å². The summed E-state index contributed by atoms with van der Waals surface area (Å²) < 4.78 is 19.5. The Kier molecular flexibility index (Phi) is 10.4. The summed E-state index contributed by atoms with van der Waals surface area (Å²) in [6.07, 6.45) is 9.93. The SMILES string of the molecule is CC(=O)N(C)C[C@H]1CCOc2cc3c(cc2O1)C[C@H](C[C@@H](C)COc1ccnc2c1[C@H](C)CCC2)C31CCC(Nc2cccc(Cl)c2)(C(=O)O)CC1. The van der Waals surface area contributed by atoms with Gasteiger partial charge in [0.2, 0.25) is 5.91 Å². The van der Waals surface area contributed by atoms with Gasteiger partial charge in [-0.25, -0.2) is 4.79 Å². The van der Waals surface area contributed by atoms with Gasteiger partial charge < -0.3 is 29.5 Å². The Labute approximate surface area is 312 Å². The number of carboxylic acids is 1. The van der Waals surface area contributed by atoms with Crippen LogP contribution in [0, 0.1) is 11.8 Å². The number of benzene rings is 2. The minimum Gasteiger partial charge on any atom is -0.493 e. The van der Waals surface area contributed by atoms with Crippen molar-refractivity contribution >= 4 is 29.2 Å². The van der Waals surface area contributed by atoms with Crippen molar-refractivity contribution in [3.8, 4) is 17.2 Å². The molecule has 2 aromatic carbocycles. The van der Waals surface area contributed by atoms with Gasteiger partial charge in [0.1, 0.15) is 17.4 Å². The van der Waals surface area contributed by atoms with Gasteiger partial charge in [-0.05, 0) is 128 Å². The third kappa shape index (κ3) is 7.17. The monoisotopic (exact) mass is 729 g/mol. The fourth-order valence-corrected chi connectivity index (χ4v) is 9.61. The number of hydrogen-bond acceptors (Lipinski definition) is 7. The van der Waals surface area contributed by atoms with Crippen LogP contribution in [0.2, 0.25) is 5.02 Å². The molecule has 278 valence electrons. The van der Waals surface area contributed by atoms with Crippen LogP contribution >= 0.6 is 11.6 Å². The summed E-state index contributed by atoms with van der Waals surface area (Å²) in [5.41, 5.74) is 4.33. The number of likely N-dealkylation sites (N-methyl/N-ethyl adjacent to an activating group) is 1. The Balaban J connectivity index is 1.16. The average molecular weight is 730 g/mol. The number of hydrogen-bond donors (Lipinski definition) is 2. The Morgan fingerprint density at radius 2 is 1.94 bits per heavy atom. The maximum Gasteiger partial charge on any atom is 0.329 e. The van der Waals surface area contributed by atoms with Crippen molar-refractivity contribution in [3.63, 3.8) is 0 Å². The number of aryl methyl sites for hydroxylation is 1. The van der Waals surface area contributed by atoms with E-state index in [0.29, 0.717) is 55.6 Å². The molecule has 4 aliphatic rings. The number of nitrogens with one attached hydrogen (secondary N) is 1. The quantitative estimate of drug-likeness (QED) is 0.215. The van der Waals surface area contributed by atoms with E-state index in [9.17, 15) is 14.7 Å². The van der Waals surface area contributed by atoms with Crippen molar-refractivity contribution in [2.45, 2.75) is 108 Å². The van der Waals surface area contributed by atoms with Crippen molar-refractivity contribution < 1.29 is 28.9 Å². The first kappa shape index (κ1) is 36.4. The van der Waals surface area contributed by atoms with Gasteiger partial charge in [0.15, 0.2) is 11.5 Å². The van der Waals surface area contributed by atoms with Crippen LogP contribution < -0.4 is 19.5 Å². The molecule has 2 heterocycles.